The summed E-state index contributed by atoms with van der Waals surface area (Å²) in [5.74, 6) is -2.04. The van der Waals surface area contributed by atoms with Gasteiger partial charge in [-0.15, -0.1) is 0 Å². The van der Waals surface area contributed by atoms with Gasteiger partial charge in [-0.25, -0.2) is 14.0 Å². The predicted molar refractivity (Wildman–Crippen MR) is 62.3 cm³/mol. The van der Waals surface area contributed by atoms with E-state index in [2.05, 4.69) is 10.6 Å². The highest BCUT2D eigenvalue weighted by Crippen LogP contribution is 2.15. The molecule has 0 saturated heterocycles. The van der Waals surface area contributed by atoms with Crippen molar-refractivity contribution in [2.24, 2.45) is 0 Å². The monoisotopic (exact) mass is 256 g/mol. The van der Waals surface area contributed by atoms with Crippen LogP contribution in [0.15, 0.2) is 18.2 Å². The number of anilines is 1. The van der Waals surface area contributed by atoms with Crippen LogP contribution in [0.4, 0.5) is 14.9 Å². The maximum absolute atomic E-state index is 13.4. The first-order valence-corrected chi connectivity index (χ1v) is 5.11. The Morgan fingerprint density at radius 3 is 2.72 bits per heavy atom. The summed E-state index contributed by atoms with van der Waals surface area (Å²) in [5, 5.41) is 13.3. The Kier molecular flexibility index (Phi) is 5.06. The lowest BCUT2D eigenvalue weighted by atomic mass is 10.2. The van der Waals surface area contributed by atoms with Crippen molar-refractivity contribution < 1.29 is 23.8 Å². The van der Waals surface area contributed by atoms with Gasteiger partial charge in [-0.3, -0.25) is 0 Å². The third-order valence-corrected chi connectivity index (χ3v) is 2.06. The number of carbonyl (C=O) groups is 2. The molecule has 0 bridgehead atoms. The van der Waals surface area contributed by atoms with Gasteiger partial charge >= 0.3 is 12.0 Å². The first kappa shape index (κ1) is 13.9. The minimum absolute atomic E-state index is 0.0880. The number of amides is 2. The number of rotatable bonds is 5. The number of urea groups is 1. The van der Waals surface area contributed by atoms with E-state index >= 15 is 0 Å². The largest absolute Gasteiger partial charge is 0.478 e. The van der Waals surface area contributed by atoms with Crippen LogP contribution in [0.5, 0.6) is 0 Å². The van der Waals surface area contributed by atoms with Crippen molar-refractivity contribution >= 4 is 17.7 Å². The third kappa shape index (κ3) is 4.02. The molecule has 6 nitrogen and oxygen atoms in total. The molecule has 0 spiro atoms. The minimum Gasteiger partial charge on any atom is -0.478 e. The van der Waals surface area contributed by atoms with Crippen molar-refractivity contribution in [2.75, 3.05) is 25.6 Å². The summed E-state index contributed by atoms with van der Waals surface area (Å²) >= 11 is 0. The Morgan fingerprint density at radius 1 is 1.44 bits per heavy atom. The van der Waals surface area contributed by atoms with Gasteiger partial charge in [-0.2, -0.15) is 0 Å². The van der Waals surface area contributed by atoms with Gasteiger partial charge in [0.1, 0.15) is 5.82 Å². The average molecular weight is 256 g/mol. The summed E-state index contributed by atoms with van der Waals surface area (Å²) in [6, 6.07) is 2.65. The first-order valence-electron chi connectivity index (χ1n) is 5.11. The number of methoxy groups -OCH3 is 1. The molecule has 98 valence electrons. The molecule has 0 fully saturated rings. The summed E-state index contributed by atoms with van der Waals surface area (Å²) in [6.45, 7) is 0.630. The van der Waals surface area contributed by atoms with E-state index < -0.39 is 17.8 Å². The van der Waals surface area contributed by atoms with Crippen LogP contribution in [0.1, 0.15) is 10.4 Å². The number of hydrogen-bond acceptors (Lipinski definition) is 3. The van der Waals surface area contributed by atoms with E-state index in [0.29, 0.717) is 6.61 Å². The molecular weight excluding hydrogens is 243 g/mol. The summed E-state index contributed by atoms with van der Waals surface area (Å²) in [4.78, 5) is 21.9. The van der Waals surface area contributed by atoms with Crippen LogP contribution in [0.3, 0.4) is 0 Å². The Labute approximate surface area is 103 Å². The molecule has 0 heterocycles. The maximum Gasteiger partial charge on any atom is 0.335 e. The fourth-order valence-corrected chi connectivity index (χ4v) is 1.18. The zero-order valence-corrected chi connectivity index (χ0v) is 9.70. The Bertz CT molecular complexity index is 451. The van der Waals surface area contributed by atoms with Gasteiger partial charge in [0.15, 0.2) is 0 Å². The second-order valence-corrected chi connectivity index (χ2v) is 3.37. The predicted octanol–water partition coefficient (Wildman–Crippen LogP) is 1.29. The smallest absolute Gasteiger partial charge is 0.335 e. The van der Waals surface area contributed by atoms with Crippen molar-refractivity contribution in [1.29, 1.82) is 0 Å². The molecule has 3 N–H and O–H groups in total. The van der Waals surface area contributed by atoms with Crippen LogP contribution in [0, 0.1) is 5.82 Å². The highest BCUT2D eigenvalue weighted by Gasteiger charge is 2.10. The van der Waals surface area contributed by atoms with Gasteiger partial charge in [0.2, 0.25) is 0 Å². The van der Waals surface area contributed by atoms with E-state index in [1.807, 2.05) is 0 Å². The molecule has 0 aliphatic heterocycles. The van der Waals surface area contributed by atoms with Crippen LogP contribution in [-0.2, 0) is 4.74 Å². The number of carbonyl (C=O) groups excluding carboxylic acids is 1. The molecule has 0 radical (unpaired) electrons. The second kappa shape index (κ2) is 6.55. The molecule has 7 heteroatoms. The molecule has 18 heavy (non-hydrogen) atoms. The van der Waals surface area contributed by atoms with E-state index in [1.165, 1.54) is 19.2 Å². The number of benzene rings is 1. The van der Waals surface area contributed by atoms with Crippen molar-refractivity contribution in [3.63, 3.8) is 0 Å². The topological polar surface area (TPSA) is 87.7 Å². The molecule has 0 aliphatic carbocycles. The van der Waals surface area contributed by atoms with Crippen LogP contribution < -0.4 is 10.6 Å². The van der Waals surface area contributed by atoms with Gasteiger partial charge in [0.05, 0.1) is 17.9 Å². The maximum atomic E-state index is 13.4. The van der Waals surface area contributed by atoms with Crippen LogP contribution >= 0.6 is 0 Å². The molecule has 0 aliphatic rings. The third-order valence-electron chi connectivity index (χ3n) is 2.06. The average Bonchev–Trinajstić information content (AvgIpc) is 2.32. The van der Waals surface area contributed by atoms with E-state index in [0.717, 1.165) is 6.07 Å². The van der Waals surface area contributed by atoms with Gasteiger partial charge in [0.25, 0.3) is 0 Å². The van der Waals surface area contributed by atoms with Crippen molar-refractivity contribution in [3.05, 3.63) is 29.6 Å². The fourth-order valence-electron chi connectivity index (χ4n) is 1.18. The highest BCUT2D eigenvalue weighted by atomic mass is 19.1. The van der Waals surface area contributed by atoms with Crippen molar-refractivity contribution in [1.82, 2.24) is 5.32 Å². The molecule has 0 unspecified atom stereocenters. The molecule has 2 amide bonds. The van der Waals surface area contributed by atoms with E-state index in [1.54, 1.807) is 0 Å². The number of nitrogens with one attached hydrogen (secondary N) is 2. The van der Waals surface area contributed by atoms with Crippen molar-refractivity contribution in [3.8, 4) is 0 Å². The standard InChI is InChI=1S/C11H13FN2O4/c1-18-5-4-13-11(17)14-9-3-2-7(10(15)16)6-8(9)12/h2-3,6H,4-5H2,1H3,(H,15,16)(H2,13,14,17). The van der Waals surface area contributed by atoms with Gasteiger partial charge in [0, 0.05) is 13.7 Å². The van der Waals surface area contributed by atoms with Crippen LogP contribution in [0.25, 0.3) is 0 Å². The summed E-state index contributed by atoms with van der Waals surface area (Å²) in [5.41, 5.74) is -0.271. The number of ether oxygens (including phenoxy) is 1. The minimum atomic E-state index is -1.23. The Morgan fingerprint density at radius 2 is 2.17 bits per heavy atom. The zero-order valence-electron chi connectivity index (χ0n) is 9.70. The SMILES string of the molecule is COCCNC(=O)Nc1ccc(C(=O)O)cc1F. The lowest BCUT2D eigenvalue weighted by molar-refractivity contribution is 0.0696. The second-order valence-electron chi connectivity index (χ2n) is 3.37. The van der Waals surface area contributed by atoms with Gasteiger partial charge in [-0.1, -0.05) is 0 Å². The fraction of sp³-hybridized carbons (Fsp3) is 0.273. The molecule has 0 saturated carbocycles. The summed E-state index contributed by atoms with van der Waals surface area (Å²) < 4.78 is 18.2. The highest BCUT2D eigenvalue weighted by molar-refractivity contribution is 5.91. The Balaban J connectivity index is 2.62. The van der Waals surface area contributed by atoms with Crippen LogP contribution in [0.2, 0.25) is 0 Å². The number of aromatic carboxylic acids is 1. The summed E-state index contributed by atoms with van der Waals surface area (Å²) in [6.07, 6.45) is 0. The van der Waals surface area contributed by atoms with Gasteiger partial charge < -0.3 is 20.5 Å². The molecule has 0 aromatic heterocycles. The summed E-state index contributed by atoms with van der Waals surface area (Å²) in [7, 11) is 1.49. The Hall–Kier alpha value is -2.15. The molecule has 1 aromatic carbocycles. The molecule has 1 aromatic rings. The van der Waals surface area contributed by atoms with Gasteiger partial charge in [-0.05, 0) is 18.2 Å². The lowest BCUT2D eigenvalue weighted by Crippen LogP contribution is -2.31. The molecule has 1 rings (SSSR count). The zero-order chi connectivity index (χ0) is 13.5. The van der Waals surface area contributed by atoms with E-state index in [4.69, 9.17) is 9.84 Å². The number of carboxylic acids is 1. The normalized spacial score (nSPS) is 9.89. The number of halogens is 1. The quantitative estimate of drug-likeness (QED) is 0.693. The van der Waals surface area contributed by atoms with Crippen LogP contribution in [-0.4, -0.2) is 37.4 Å². The van der Waals surface area contributed by atoms with E-state index in [-0.39, 0.29) is 17.8 Å². The molecule has 0 atom stereocenters. The number of hydrogen-bond donors (Lipinski definition) is 3. The lowest BCUT2D eigenvalue weighted by Gasteiger charge is -2.08. The molecular formula is C11H13FN2O4. The van der Waals surface area contributed by atoms with E-state index in [9.17, 15) is 14.0 Å². The first-order chi connectivity index (χ1) is 8.54. The van der Waals surface area contributed by atoms with Crippen molar-refractivity contribution in [2.45, 2.75) is 0 Å². The number of carboxylic acid groups (broad SMARTS) is 1.